The molecule has 0 radical (unpaired) electrons. The van der Waals surface area contributed by atoms with Crippen molar-refractivity contribution in [1.82, 2.24) is 15.0 Å². The molecule has 0 fully saturated rings. The lowest BCUT2D eigenvalue weighted by atomic mass is 9.67. The molecule has 0 unspecified atom stereocenters. The summed E-state index contributed by atoms with van der Waals surface area (Å²) in [6.07, 6.45) is 0. The fourth-order valence-corrected chi connectivity index (χ4v) is 9.13. The van der Waals surface area contributed by atoms with Crippen molar-refractivity contribution in [3.8, 4) is 78.7 Å². The van der Waals surface area contributed by atoms with Gasteiger partial charge in [-0.25, -0.2) is 15.0 Å². The fourth-order valence-electron chi connectivity index (χ4n) is 9.13. The molecule has 0 saturated carbocycles. The van der Waals surface area contributed by atoms with Gasteiger partial charge in [-0.1, -0.05) is 212 Å². The van der Waals surface area contributed by atoms with Crippen molar-refractivity contribution < 1.29 is 0 Å². The number of nitrogens with zero attached hydrogens (tertiary/aromatic N) is 3. The van der Waals surface area contributed by atoms with E-state index in [1.54, 1.807) is 0 Å². The molecule has 1 heterocycles. The zero-order valence-corrected chi connectivity index (χ0v) is 33.4. The van der Waals surface area contributed by atoms with E-state index in [1.165, 1.54) is 50.1 Å². The predicted molar refractivity (Wildman–Crippen MR) is 250 cm³/mol. The van der Waals surface area contributed by atoms with Crippen molar-refractivity contribution in [3.63, 3.8) is 0 Å². The molecule has 0 bridgehead atoms. The molecule has 0 aliphatic heterocycles. The van der Waals surface area contributed by atoms with Gasteiger partial charge in [0.05, 0.1) is 5.41 Å². The van der Waals surface area contributed by atoms with Gasteiger partial charge in [0.15, 0.2) is 17.5 Å². The molecule has 1 aliphatic carbocycles. The highest BCUT2D eigenvalue weighted by atomic mass is 15.0. The molecule has 9 aromatic carbocycles. The smallest absolute Gasteiger partial charge is 0.164 e. The Balaban J connectivity index is 1.03. The molecule has 0 amide bonds. The summed E-state index contributed by atoms with van der Waals surface area (Å²) in [5.41, 5.74) is 16.9. The van der Waals surface area contributed by atoms with Gasteiger partial charge in [0.25, 0.3) is 0 Å². The molecule has 1 aromatic heterocycles. The highest BCUT2D eigenvalue weighted by Crippen LogP contribution is 2.57. The summed E-state index contributed by atoms with van der Waals surface area (Å²) in [6, 6.07) is 84.5. The maximum absolute atomic E-state index is 5.01. The van der Waals surface area contributed by atoms with Crippen LogP contribution in [0.5, 0.6) is 0 Å². The predicted octanol–water partition coefficient (Wildman–Crippen LogP) is 14.2. The van der Waals surface area contributed by atoms with Gasteiger partial charge in [0.2, 0.25) is 0 Å². The van der Waals surface area contributed by atoms with Crippen molar-refractivity contribution in [2.75, 3.05) is 0 Å². The number of benzene rings is 9. The van der Waals surface area contributed by atoms with Crippen LogP contribution in [0, 0.1) is 0 Å². The Hall–Kier alpha value is -8.01. The minimum Gasteiger partial charge on any atom is -0.208 e. The lowest BCUT2D eigenvalue weighted by molar-refractivity contribution is 0.769. The second kappa shape index (κ2) is 15.3. The Labute approximate surface area is 356 Å². The summed E-state index contributed by atoms with van der Waals surface area (Å²) < 4.78 is 0. The highest BCUT2D eigenvalue weighted by Gasteiger charge is 2.46. The van der Waals surface area contributed by atoms with Crippen LogP contribution in [0.25, 0.3) is 78.7 Å². The minimum atomic E-state index is -0.526. The first-order valence-corrected chi connectivity index (χ1v) is 20.8. The molecule has 0 atom stereocenters. The summed E-state index contributed by atoms with van der Waals surface area (Å²) >= 11 is 0. The van der Waals surface area contributed by atoms with E-state index in [0.717, 1.165) is 33.4 Å². The third-order valence-electron chi connectivity index (χ3n) is 12.0. The number of fused-ring (bicyclic) bond motifs is 3. The SMILES string of the molecule is c1ccc(-c2ccc3c(c2)C(c2ccccc2)(c2ccccc2)c2cc(-c4cccc(-c5cccc(-c6nc(-c7ccccc7)nc(-c7ccccc7)n6)c5)c4)ccc2-3)cc1. The molecule has 61 heavy (non-hydrogen) atoms. The number of aromatic nitrogens is 3. The van der Waals surface area contributed by atoms with E-state index in [4.69, 9.17) is 15.0 Å². The zero-order valence-electron chi connectivity index (χ0n) is 33.4. The molecule has 1 aliphatic rings. The Bertz CT molecular complexity index is 3070. The van der Waals surface area contributed by atoms with E-state index in [-0.39, 0.29) is 0 Å². The number of hydrogen-bond acceptors (Lipinski definition) is 3. The van der Waals surface area contributed by atoms with Gasteiger partial charge in [-0.3, -0.25) is 0 Å². The molecular weight excluding hydrogens is 739 g/mol. The summed E-state index contributed by atoms with van der Waals surface area (Å²) in [4.78, 5) is 14.9. The van der Waals surface area contributed by atoms with Crippen LogP contribution < -0.4 is 0 Å². The third kappa shape index (κ3) is 6.44. The van der Waals surface area contributed by atoms with E-state index >= 15 is 0 Å². The number of hydrogen-bond donors (Lipinski definition) is 0. The van der Waals surface area contributed by atoms with Crippen molar-refractivity contribution >= 4 is 0 Å². The van der Waals surface area contributed by atoms with Crippen LogP contribution in [0.2, 0.25) is 0 Å². The summed E-state index contributed by atoms with van der Waals surface area (Å²) in [7, 11) is 0. The van der Waals surface area contributed by atoms with Gasteiger partial charge in [-0.15, -0.1) is 0 Å². The molecule has 0 N–H and O–H groups in total. The molecule has 11 rings (SSSR count). The van der Waals surface area contributed by atoms with Crippen LogP contribution in [0.4, 0.5) is 0 Å². The Morgan fingerprint density at radius 3 is 0.984 bits per heavy atom. The lowest BCUT2D eigenvalue weighted by Crippen LogP contribution is -2.28. The van der Waals surface area contributed by atoms with E-state index in [9.17, 15) is 0 Å². The topological polar surface area (TPSA) is 38.7 Å². The largest absolute Gasteiger partial charge is 0.208 e. The van der Waals surface area contributed by atoms with Crippen molar-refractivity contribution in [2.24, 2.45) is 0 Å². The molecule has 0 spiro atoms. The quantitative estimate of drug-likeness (QED) is 0.154. The molecule has 10 aromatic rings. The van der Waals surface area contributed by atoms with E-state index in [0.29, 0.717) is 17.5 Å². The van der Waals surface area contributed by atoms with Gasteiger partial charge in [-0.05, 0) is 91.0 Å². The van der Waals surface area contributed by atoms with Crippen LogP contribution in [0.3, 0.4) is 0 Å². The first-order chi connectivity index (χ1) is 30.2. The maximum atomic E-state index is 5.01. The normalized spacial score (nSPS) is 12.4. The zero-order chi connectivity index (χ0) is 40.6. The van der Waals surface area contributed by atoms with Gasteiger partial charge < -0.3 is 0 Å². The highest BCUT2D eigenvalue weighted by molar-refractivity contribution is 5.90. The van der Waals surface area contributed by atoms with Crippen LogP contribution in [0.15, 0.2) is 237 Å². The molecule has 0 saturated heterocycles. The van der Waals surface area contributed by atoms with Crippen LogP contribution in [0.1, 0.15) is 22.3 Å². The summed E-state index contributed by atoms with van der Waals surface area (Å²) in [5, 5.41) is 0. The Kier molecular flexibility index (Phi) is 9.05. The van der Waals surface area contributed by atoms with Gasteiger partial charge in [0, 0.05) is 16.7 Å². The molecular formula is C58H39N3. The van der Waals surface area contributed by atoms with Gasteiger partial charge in [0.1, 0.15) is 0 Å². The Morgan fingerprint density at radius 2 is 0.541 bits per heavy atom. The van der Waals surface area contributed by atoms with E-state index < -0.39 is 5.41 Å². The van der Waals surface area contributed by atoms with Crippen molar-refractivity contribution in [1.29, 1.82) is 0 Å². The van der Waals surface area contributed by atoms with Crippen LogP contribution in [-0.2, 0) is 5.41 Å². The Morgan fingerprint density at radius 1 is 0.230 bits per heavy atom. The second-order valence-corrected chi connectivity index (χ2v) is 15.6. The second-order valence-electron chi connectivity index (χ2n) is 15.6. The van der Waals surface area contributed by atoms with Crippen molar-refractivity contribution in [3.05, 3.63) is 259 Å². The summed E-state index contributed by atoms with van der Waals surface area (Å²) in [6.45, 7) is 0. The third-order valence-corrected chi connectivity index (χ3v) is 12.0. The first kappa shape index (κ1) is 36.1. The average molecular weight is 778 g/mol. The van der Waals surface area contributed by atoms with Crippen LogP contribution >= 0.6 is 0 Å². The minimum absolute atomic E-state index is 0.526. The standard InChI is InChI=1S/C58H39N3/c1-6-18-40(19-7-1)46-32-34-51-52-35-33-47(39-54(52)58(53(51)38-46,49-28-12-4-13-29-49)50-30-14-5-15-31-50)44-25-16-24-43(36-44)45-26-17-27-48(37-45)57-60-55(41-20-8-2-9-21-41)59-56(61-57)42-22-10-3-11-23-42/h1-39H. The monoisotopic (exact) mass is 777 g/mol. The van der Waals surface area contributed by atoms with Gasteiger partial charge in [-0.2, -0.15) is 0 Å². The average Bonchev–Trinajstić information content (AvgIpc) is 3.65. The molecule has 3 heteroatoms. The van der Waals surface area contributed by atoms with Crippen LogP contribution in [-0.4, -0.2) is 15.0 Å². The summed E-state index contributed by atoms with van der Waals surface area (Å²) in [5.74, 6) is 1.93. The molecule has 286 valence electrons. The number of rotatable bonds is 8. The van der Waals surface area contributed by atoms with E-state index in [2.05, 4.69) is 176 Å². The fraction of sp³-hybridized carbons (Fsp3) is 0.0172. The molecule has 3 nitrogen and oxygen atoms in total. The van der Waals surface area contributed by atoms with Crippen molar-refractivity contribution in [2.45, 2.75) is 5.41 Å². The van der Waals surface area contributed by atoms with Gasteiger partial charge >= 0.3 is 0 Å². The maximum Gasteiger partial charge on any atom is 0.164 e. The van der Waals surface area contributed by atoms with E-state index in [1.807, 2.05) is 60.7 Å². The first-order valence-electron chi connectivity index (χ1n) is 20.8. The lowest BCUT2D eigenvalue weighted by Gasteiger charge is -2.34.